The zero-order valence-corrected chi connectivity index (χ0v) is 13.3. The molecule has 1 heteroatoms. The molecule has 6 atom stereocenters. The summed E-state index contributed by atoms with van der Waals surface area (Å²) in [6.45, 7) is 4.92. The van der Waals surface area contributed by atoms with Crippen molar-refractivity contribution in [3.63, 3.8) is 0 Å². The zero-order valence-electron chi connectivity index (χ0n) is 13.3. The van der Waals surface area contributed by atoms with E-state index in [-0.39, 0.29) is 5.41 Å². The predicted octanol–water partition coefficient (Wildman–Crippen LogP) is 4.99. The van der Waals surface area contributed by atoms with Crippen molar-refractivity contribution in [2.24, 2.45) is 34.5 Å². The lowest BCUT2D eigenvalue weighted by Gasteiger charge is -2.59. The molecule has 0 heterocycles. The van der Waals surface area contributed by atoms with Gasteiger partial charge in [-0.2, -0.15) is 0 Å². The molecule has 20 heavy (non-hydrogen) atoms. The fourth-order valence-corrected chi connectivity index (χ4v) is 7.07. The van der Waals surface area contributed by atoms with Crippen molar-refractivity contribution in [3.05, 3.63) is 0 Å². The third-order valence-corrected chi connectivity index (χ3v) is 8.29. The highest BCUT2D eigenvalue weighted by Crippen LogP contribution is 2.65. The van der Waals surface area contributed by atoms with Gasteiger partial charge < -0.3 is 0 Å². The first-order valence-electron chi connectivity index (χ1n) is 9.09. The van der Waals surface area contributed by atoms with Gasteiger partial charge in [0, 0.05) is 11.8 Å². The van der Waals surface area contributed by atoms with E-state index in [4.69, 9.17) is 0 Å². The van der Waals surface area contributed by atoms with E-state index in [2.05, 4.69) is 13.8 Å². The van der Waals surface area contributed by atoms with Crippen LogP contribution in [0.1, 0.15) is 78.1 Å². The van der Waals surface area contributed by atoms with Gasteiger partial charge in [0.25, 0.3) is 0 Å². The van der Waals surface area contributed by atoms with Crippen LogP contribution < -0.4 is 0 Å². The lowest BCUT2D eigenvalue weighted by Crippen LogP contribution is -2.52. The molecule has 4 saturated carbocycles. The lowest BCUT2D eigenvalue weighted by molar-refractivity contribution is -0.138. The van der Waals surface area contributed by atoms with Crippen LogP contribution >= 0.6 is 0 Å². The molecule has 0 aliphatic heterocycles. The van der Waals surface area contributed by atoms with E-state index in [1.54, 1.807) is 0 Å². The minimum atomic E-state index is 0.0685. The minimum absolute atomic E-state index is 0.0685. The van der Waals surface area contributed by atoms with Crippen LogP contribution in [-0.2, 0) is 4.79 Å². The van der Waals surface area contributed by atoms with Gasteiger partial charge in [-0.3, -0.25) is 4.79 Å². The Morgan fingerprint density at radius 3 is 2.60 bits per heavy atom. The second kappa shape index (κ2) is 4.34. The molecule has 0 aromatic heterocycles. The van der Waals surface area contributed by atoms with Gasteiger partial charge in [0.2, 0.25) is 0 Å². The van der Waals surface area contributed by atoms with Crippen LogP contribution in [0.4, 0.5) is 0 Å². The maximum Gasteiger partial charge on any atom is 0.139 e. The molecule has 1 nitrogen and oxygen atoms in total. The van der Waals surface area contributed by atoms with Crippen LogP contribution in [-0.4, -0.2) is 5.78 Å². The molecule has 0 radical (unpaired) electrons. The highest BCUT2D eigenvalue weighted by Gasteiger charge is 2.59. The Kier molecular flexibility index (Phi) is 2.89. The van der Waals surface area contributed by atoms with E-state index in [0.29, 0.717) is 11.2 Å². The van der Waals surface area contributed by atoms with Crippen LogP contribution in [0.2, 0.25) is 0 Å². The Balaban J connectivity index is 1.66. The van der Waals surface area contributed by atoms with Crippen molar-refractivity contribution >= 4 is 5.78 Å². The summed E-state index contributed by atoms with van der Waals surface area (Å²) in [7, 11) is 0. The minimum Gasteiger partial charge on any atom is -0.299 e. The van der Waals surface area contributed by atoms with Gasteiger partial charge in [-0.1, -0.05) is 26.7 Å². The first-order valence-corrected chi connectivity index (χ1v) is 9.09. The van der Waals surface area contributed by atoms with Gasteiger partial charge in [0.15, 0.2) is 0 Å². The highest BCUT2D eigenvalue weighted by atomic mass is 16.1. The monoisotopic (exact) mass is 274 g/mol. The lowest BCUT2D eigenvalue weighted by atomic mass is 9.45. The van der Waals surface area contributed by atoms with E-state index in [1.807, 2.05) is 0 Å². The molecule has 0 aromatic rings. The third kappa shape index (κ3) is 1.58. The third-order valence-electron chi connectivity index (χ3n) is 8.29. The van der Waals surface area contributed by atoms with Crippen molar-refractivity contribution in [2.75, 3.05) is 0 Å². The number of Topliss-reactive ketones (excluding diaryl/α,β-unsaturated/α-hetero) is 1. The van der Waals surface area contributed by atoms with Gasteiger partial charge in [-0.25, -0.2) is 0 Å². The Bertz CT molecular complexity index is 427. The predicted molar refractivity (Wildman–Crippen MR) is 81.4 cm³/mol. The average molecular weight is 274 g/mol. The number of ketones is 1. The fourth-order valence-electron chi connectivity index (χ4n) is 7.07. The summed E-state index contributed by atoms with van der Waals surface area (Å²) in [6, 6.07) is 0. The Hall–Kier alpha value is -0.330. The number of carbonyl (C=O) groups excluding carboxylic acids is 1. The van der Waals surface area contributed by atoms with Crippen molar-refractivity contribution in [1.29, 1.82) is 0 Å². The molecule has 4 aliphatic rings. The summed E-state index contributed by atoms with van der Waals surface area (Å²) in [4.78, 5) is 12.4. The van der Waals surface area contributed by atoms with E-state index in [1.165, 1.54) is 57.8 Å². The number of rotatable bonds is 0. The van der Waals surface area contributed by atoms with Gasteiger partial charge in [-0.05, 0) is 74.0 Å². The second-order valence-corrected chi connectivity index (χ2v) is 8.82. The molecular formula is C19H30O. The van der Waals surface area contributed by atoms with E-state index < -0.39 is 0 Å². The van der Waals surface area contributed by atoms with Crippen LogP contribution in [0.5, 0.6) is 0 Å². The molecule has 0 amide bonds. The van der Waals surface area contributed by atoms with Crippen molar-refractivity contribution in [1.82, 2.24) is 0 Å². The van der Waals surface area contributed by atoms with Gasteiger partial charge in [-0.15, -0.1) is 0 Å². The topological polar surface area (TPSA) is 17.1 Å². The van der Waals surface area contributed by atoms with E-state index >= 15 is 0 Å². The first kappa shape index (κ1) is 13.3. The molecule has 4 aliphatic carbocycles. The van der Waals surface area contributed by atoms with Gasteiger partial charge in [0.05, 0.1) is 0 Å². The average Bonchev–Trinajstić information content (AvgIpc) is 2.74. The second-order valence-electron chi connectivity index (χ2n) is 8.82. The SMILES string of the molecule is C[C@@]12CCCC[C@H]1CC[C@H]1[C@H]3CCC(=O)[C@]3(C)CC[C@@H]12. The molecule has 4 fully saturated rings. The smallest absolute Gasteiger partial charge is 0.139 e. The Labute approximate surface area is 123 Å². The van der Waals surface area contributed by atoms with E-state index in [9.17, 15) is 4.79 Å². The standard InChI is InChI=1S/C19H30O/c1-18-11-4-3-5-13(18)6-7-14-15-8-9-17(20)19(15,2)12-10-16(14)18/h13-16H,3-12H2,1-2H3/t13-,14-,15+,16-,18+,19+/m0/s1. The highest BCUT2D eigenvalue weighted by molar-refractivity contribution is 5.87. The maximum atomic E-state index is 12.4. The summed E-state index contributed by atoms with van der Waals surface area (Å²) in [6.07, 6.45) is 13.4. The quantitative estimate of drug-likeness (QED) is 0.608. The number of fused-ring (bicyclic) bond motifs is 5. The number of hydrogen-bond donors (Lipinski definition) is 0. The number of hydrogen-bond acceptors (Lipinski definition) is 1. The van der Waals surface area contributed by atoms with Crippen molar-refractivity contribution in [2.45, 2.75) is 78.1 Å². The molecular weight excluding hydrogens is 244 g/mol. The summed E-state index contributed by atoms with van der Waals surface area (Å²) in [5, 5.41) is 0. The molecule has 0 unspecified atom stereocenters. The molecule has 112 valence electrons. The van der Waals surface area contributed by atoms with E-state index in [0.717, 1.165) is 30.1 Å². The van der Waals surface area contributed by atoms with Crippen LogP contribution in [0, 0.1) is 34.5 Å². The first-order chi connectivity index (χ1) is 9.56. The molecule has 0 N–H and O–H groups in total. The molecule has 4 rings (SSSR count). The Morgan fingerprint density at radius 2 is 1.75 bits per heavy atom. The fraction of sp³-hybridized carbons (Fsp3) is 0.947. The number of carbonyl (C=O) groups is 1. The molecule has 0 bridgehead atoms. The van der Waals surface area contributed by atoms with Crippen molar-refractivity contribution < 1.29 is 4.79 Å². The Morgan fingerprint density at radius 1 is 0.900 bits per heavy atom. The van der Waals surface area contributed by atoms with Crippen LogP contribution in [0.15, 0.2) is 0 Å². The van der Waals surface area contributed by atoms with Crippen molar-refractivity contribution in [3.8, 4) is 0 Å². The normalized spacial score (nSPS) is 55.0. The largest absolute Gasteiger partial charge is 0.299 e. The maximum absolute atomic E-state index is 12.4. The molecule has 0 aromatic carbocycles. The molecule has 0 spiro atoms. The van der Waals surface area contributed by atoms with Gasteiger partial charge in [0.1, 0.15) is 5.78 Å². The summed E-state index contributed by atoms with van der Waals surface area (Å²) in [5.74, 6) is 4.13. The van der Waals surface area contributed by atoms with Crippen LogP contribution in [0.25, 0.3) is 0 Å². The summed E-state index contributed by atoms with van der Waals surface area (Å²) < 4.78 is 0. The van der Waals surface area contributed by atoms with Crippen LogP contribution in [0.3, 0.4) is 0 Å². The molecule has 0 saturated heterocycles. The summed E-state index contributed by atoms with van der Waals surface area (Å²) >= 11 is 0. The summed E-state index contributed by atoms with van der Waals surface area (Å²) in [5.41, 5.74) is 0.688. The van der Waals surface area contributed by atoms with Gasteiger partial charge >= 0.3 is 0 Å². The zero-order chi connectivity index (χ0) is 14.0.